The maximum absolute atomic E-state index is 12.1. The number of rotatable bonds is 0. The molecule has 3 rings (SSSR count). The first-order valence-electron chi connectivity index (χ1n) is 6.00. The fourth-order valence-corrected chi connectivity index (χ4v) is 3.38. The topological polar surface area (TPSA) is 26.3 Å². The van der Waals surface area contributed by atoms with Crippen molar-refractivity contribution in [2.75, 3.05) is 0 Å². The predicted molar refractivity (Wildman–Crippen MR) is 57.3 cm³/mol. The van der Waals surface area contributed by atoms with E-state index in [0.29, 0.717) is 24.2 Å². The van der Waals surface area contributed by atoms with Crippen molar-refractivity contribution in [3.63, 3.8) is 0 Å². The number of hydrogen-bond acceptors (Lipinski definition) is 2. The third-order valence-electron chi connectivity index (χ3n) is 4.00. The van der Waals surface area contributed by atoms with Gasteiger partial charge in [0.05, 0.1) is 0 Å². The van der Waals surface area contributed by atoms with Crippen molar-refractivity contribution in [1.82, 2.24) is 0 Å². The first-order valence-corrected chi connectivity index (χ1v) is 6.00. The first kappa shape index (κ1) is 9.44. The number of fused-ring (bicyclic) bond motifs is 2. The van der Waals surface area contributed by atoms with Gasteiger partial charge < -0.3 is 4.74 Å². The molecule has 1 heterocycles. The number of ether oxygens (including phenoxy) is 1. The Morgan fingerprint density at radius 2 is 2.07 bits per heavy atom. The van der Waals surface area contributed by atoms with E-state index in [9.17, 15) is 4.79 Å². The van der Waals surface area contributed by atoms with E-state index in [2.05, 4.69) is 13.8 Å². The monoisotopic (exact) mass is 206 g/mol. The number of carbonyl (C=O) groups excluding carboxylic acids is 1. The molecule has 82 valence electrons. The van der Waals surface area contributed by atoms with E-state index in [4.69, 9.17) is 4.74 Å². The van der Waals surface area contributed by atoms with E-state index >= 15 is 0 Å². The van der Waals surface area contributed by atoms with Crippen LogP contribution in [0.25, 0.3) is 0 Å². The van der Waals surface area contributed by atoms with Gasteiger partial charge in [-0.25, -0.2) is 0 Å². The molecule has 0 bridgehead atoms. The molecule has 3 aliphatic rings. The molecule has 0 aromatic rings. The maximum Gasteiger partial charge on any atom is 0.163 e. The first-order chi connectivity index (χ1) is 7.07. The molecule has 0 spiro atoms. The van der Waals surface area contributed by atoms with Crippen LogP contribution >= 0.6 is 0 Å². The number of Topliss-reactive ketones (excluding diaryl/α,β-unsaturated/α-hetero) is 1. The maximum atomic E-state index is 12.1. The summed E-state index contributed by atoms with van der Waals surface area (Å²) in [4.78, 5) is 12.1. The summed E-state index contributed by atoms with van der Waals surface area (Å²) >= 11 is 0. The number of carbonyl (C=O) groups is 1. The summed E-state index contributed by atoms with van der Waals surface area (Å²) < 4.78 is 5.95. The predicted octanol–water partition coefficient (Wildman–Crippen LogP) is 2.83. The number of allylic oxidation sites excluding steroid dienone is 1. The zero-order chi connectivity index (χ0) is 10.6. The molecule has 0 aromatic heterocycles. The second kappa shape index (κ2) is 2.87. The lowest BCUT2D eigenvalue weighted by Gasteiger charge is -2.29. The fraction of sp³-hybridized carbons (Fsp3) is 0.769. The van der Waals surface area contributed by atoms with Gasteiger partial charge in [-0.1, -0.05) is 13.8 Å². The third kappa shape index (κ3) is 1.34. The minimum absolute atomic E-state index is 0.106. The molecule has 1 fully saturated rings. The summed E-state index contributed by atoms with van der Waals surface area (Å²) in [6.07, 6.45) is 5.54. The Balaban J connectivity index is 1.97. The zero-order valence-corrected chi connectivity index (χ0v) is 9.51. The van der Waals surface area contributed by atoms with Crippen LogP contribution in [0.4, 0.5) is 0 Å². The second-order valence-corrected chi connectivity index (χ2v) is 5.97. The van der Waals surface area contributed by atoms with Gasteiger partial charge in [-0.15, -0.1) is 0 Å². The summed E-state index contributed by atoms with van der Waals surface area (Å²) in [6, 6.07) is 0. The van der Waals surface area contributed by atoms with Crippen LogP contribution in [0.2, 0.25) is 0 Å². The number of ketones is 1. The van der Waals surface area contributed by atoms with E-state index in [1.54, 1.807) is 0 Å². The SMILES string of the molecule is CC1(C)CC(=O)C2=C(C1)OC1CCCC21. The Labute approximate surface area is 90.7 Å². The van der Waals surface area contributed by atoms with Crippen molar-refractivity contribution in [2.45, 2.75) is 52.1 Å². The van der Waals surface area contributed by atoms with Crippen molar-refractivity contribution in [3.05, 3.63) is 11.3 Å². The van der Waals surface area contributed by atoms with Crippen LogP contribution < -0.4 is 0 Å². The Bertz CT molecular complexity index is 352. The highest BCUT2D eigenvalue weighted by molar-refractivity contribution is 5.98. The quantitative estimate of drug-likeness (QED) is 0.609. The van der Waals surface area contributed by atoms with E-state index < -0.39 is 0 Å². The molecule has 2 nitrogen and oxygen atoms in total. The van der Waals surface area contributed by atoms with E-state index in [1.165, 1.54) is 6.42 Å². The Kier molecular flexibility index (Phi) is 1.80. The highest BCUT2D eigenvalue weighted by Crippen LogP contribution is 2.49. The molecule has 0 radical (unpaired) electrons. The van der Waals surface area contributed by atoms with E-state index in [0.717, 1.165) is 30.6 Å². The van der Waals surface area contributed by atoms with E-state index in [1.807, 2.05) is 0 Å². The molecule has 1 saturated carbocycles. The average molecular weight is 206 g/mol. The van der Waals surface area contributed by atoms with Crippen LogP contribution in [0.5, 0.6) is 0 Å². The molecule has 15 heavy (non-hydrogen) atoms. The fourth-order valence-electron chi connectivity index (χ4n) is 3.38. The van der Waals surface area contributed by atoms with Gasteiger partial charge in [0.15, 0.2) is 5.78 Å². The summed E-state index contributed by atoms with van der Waals surface area (Å²) in [5, 5.41) is 0. The van der Waals surface area contributed by atoms with Crippen LogP contribution in [0, 0.1) is 11.3 Å². The average Bonchev–Trinajstić information content (AvgIpc) is 2.58. The summed E-state index contributed by atoms with van der Waals surface area (Å²) in [5.41, 5.74) is 1.17. The van der Waals surface area contributed by atoms with Gasteiger partial charge in [-0.2, -0.15) is 0 Å². The molecule has 2 aliphatic carbocycles. The number of hydrogen-bond donors (Lipinski definition) is 0. The molecule has 0 saturated heterocycles. The largest absolute Gasteiger partial charge is 0.494 e. The lowest BCUT2D eigenvalue weighted by molar-refractivity contribution is -0.118. The molecule has 2 unspecified atom stereocenters. The van der Waals surface area contributed by atoms with Crippen molar-refractivity contribution < 1.29 is 9.53 Å². The normalized spacial score (nSPS) is 37.6. The van der Waals surface area contributed by atoms with Gasteiger partial charge in [0.25, 0.3) is 0 Å². The van der Waals surface area contributed by atoms with Crippen molar-refractivity contribution >= 4 is 5.78 Å². The van der Waals surface area contributed by atoms with Crippen LogP contribution in [-0.2, 0) is 9.53 Å². The zero-order valence-electron chi connectivity index (χ0n) is 9.51. The van der Waals surface area contributed by atoms with E-state index in [-0.39, 0.29) is 5.41 Å². The van der Waals surface area contributed by atoms with Crippen molar-refractivity contribution in [3.8, 4) is 0 Å². The lowest BCUT2D eigenvalue weighted by atomic mass is 9.74. The Hall–Kier alpha value is -0.790. The van der Waals surface area contributed by atoms with Gasteiger partial charge >= 0.3 is 0 Å². The minimum Gasteiger partial charge on any atom is -0.494 e. The molecule has 0 aromatic carbocycles. The summed E-state index contributed by atoms with van der Waals surface area (Å²) in [6.45, 7) is 4.32. The third-order valence-corrected chi connectivity index (χ3v) is 4.00. The van der Waals surface area contributed by atoms with Crippen LogP contribution in [0.1, 0.15) is 46.0 Å². The highest BCUT2D eigenvalue weighted by atomic mass is 16.5. The minimum atomic E-state index is 0.106. The van der Waals surface area contributed by atoms with Crippen molar-refractivity contribution in [1.29, 1.82) is 0 Å². The molecular formula is C13H18O2. The van der Waals surface area contributed by atoms with Gasteiger partial charge in [0, 0.05) is 24.3 Å². The second-order valence-electron chi connectivity index (χ2n) is 5.97. The molecule has 2 atom stereocenters. The molecule has 2 heteroatoms. The van der Waals surface area contributed by atoms with Gasteiger partial charge in [0.1, 0.15) is 11.9 Å². The van der Waals surface area contributed by atoms with Crippen LogP contribution in [-0.4, -0.2) is 11.9 Å². The molecule has 0 N–H and O–H groups in total. The van der Waals surface area contributed by atoms with Crippen LogP contribution in [0.15, 0.2) is 11.3 Å². The Morgan fingerprint density at radius 3 is 2.87 bits per heavy atom. The standard InChI is InChI=1S/C13H18O2/c1-13(2)6-9(14)12-8-4-3-5-10(8)15-11(12)7-13/h8,10H,3-7H2,1-2H3. The van der Waals surface area contributed by atoms with Gasteiger partial charge in [0.2, 0.25) is 0 Å². The highest BCUT2D eigenvalue weighted by Gasteiger charge is 2.47. The van der Waals surface area contributed by atoms with Crippen LogP contribution in [0.3, 0.4) is 0 Å². The van der Waals surface area contributed by atoms with Gasteiger partial charge in [-0.3, -0.25) is 4.79 Å². The van der Waals surface area contributed by atoms with Gasteiger partial charge in [-0.05, 0) is 24.7 Å². The molecular weight excluding hydrogens is 188 g/mol. The smallest absolute Gasteiger partial charge is 0.163 e. The molecule has 1 aliphatic heterocycles. The van der Waals surface area contributed by atoms with Crippen molar-refractivity contribution in [2.24, 2.45) is 11.3 Å². The lowest BCUT2D eigenvalue weighted by Crippen LogP contribution is -2.26. The Morgan fingerprint density at radius 1 is 1.27 bits per heavy atom. The molecule has 0 amide bonds. The summed E-state index contributed by atoms with van der Waals surface area (Å²) in [7, 11) is 0. The summed E-state index contributed by atoms with van der Waals surface area (Å²) in [5.74, 6) is 1.84.